The van der Waals surface area contributed by atoms with Crippen molar-refractivity contribution in [2.24, 2.45) is 5.73 Å². The van der Waals surface area contributed by atoms with Gasteiger partial charge in [0.25, 0.3) is 0 Å². The standard InChI is InChI=1S/C11H9Cl2N2O/c12-9-2-8-6(1-7(14)5-16)4-15-11(8)3-10(9)13/h2-4,7,15H,1,14H2/t7-/m0/s1. The summed E-state index contributed by atoms with van der Waals surface area (Å²) in [4.78, 5) is 13.4. The van der Waals surface area contributed by atoms with E-state index in [-0.39, 0.29) is 0 Å². The van der Waals surface area contributed by atoms with Crippen molar-refractivity contribution in [1.29, 1.82) is 0 Å². The van der Waals surface area contributed by atoms with Crippen molar-refractivity contribution in [3.05, 3.63) is 33.9 Å². The molecular weight excluding hydrogens is 247 g/mol. The molecule has 0 saturated carbocycles. The fraction of sp³-hybridized carbons (Fsp3) is 0.182. The number of nitrogens with two attached hydrogens (primary N) is 1. The number of halogens is 2. The summed E-state index contributed by atoms with van der Waals surface area (Å²) < 4.78 is 0. The fourth-order valence-corrected chi connectivity index (χ4v) is 1.95. The van der Waals surface area contributed by atoms with Gasteiger partial charge in [-0.2, -0.15) is 0 Å². The van der Waals surface area contributed by atoms with Crippen molar-refractivity contribution < 1.29 is 4.79 Å². The minimum atomic E-state index is -0.617. The van der Waals surface area contributed by atoms with Gasteiger partial charge in [0.15, 0.2) is 0 Å². The van der Waals surface area contributed by atoms with E-state index in [4.69, 9.17) is 28.9 Å². The maximum absolute atomic E-state index is 10.4. The highest BCUT2D eigenvalue weighted by atomic mass is 35.5. The number of benzene rings is 1. The highest BCUT2D eigenvalue weighted by Gasteiger charge is 2.10. The van der Waals surface area contributed by atoms with Gasteiger partial charge < -0.3 is 10.7 Å². The van der Waals surface area contributed by atoms with E-state index in [9.17, 15) is 4.79 Å². The normalized spacial score (nSPS) is 12.9. The second kappa shape index (κ2) is 4.45. The first-order valence-electron chi connectivity index (χ1n) is 4.70. The Labute approximate surface area is 103 Å². The van der Waals surface area contributed by atoms with Gasteiger partial charge in [-0.15, -0.1) is 0 Å². The molecule has 1 aromatic carbocycles. The van der Waals surface area contributed by atoms with Gasteiger partial charge in [0.05, 0.1) is 16.1 Å². The van der Waals surface area contributed by atoms with Gasteiger partial charge in [0, 0.05) is 17.1 Å². The molecular formula is C11H9Cl2N2O. The zero-order chi connectivity index (χ0) is 11.7. The summed E-state index contributed by atoms with van der Waals surface area (Å²) in [5.41, 5.74) is 7.34. The third kappa shape index (κ3) is 2.07. The molecule has 0 unspecified atom stereocenters. The molecule has 3 nitrogen and oxygen atoms in total. The van der Waals surface area contributed by atoms with E-state index in [1.54, 1.807) is 24.6 Å². The largest absolute Gasteiger partial charge is 0.361 e. The number of rotatable bonds is 3. The van der Waals surface area contributed by atoms with Crippen LogP contribution in [-0.2, 0) is 11.2 Å². The van der Waals surface area contributed by atoms with Gasteiger partial charge >= 0.3 is 0 Å². The lowest BCUT2D eigenvalue weighted by Gasteiger charge is -2.02. The molecule has 0 aliphatic rings. The number of hydrogen-bond acceptors (Lipinski definition) is 2. The van der Waals surface area contributed by atoms with Crippen LogP contribution in [0.2, 0.25) is 10.0 Å². The van der Waals surface area contributed by atoms with Crippen LogP contribution in [0.5, 0.6) is 0 Å². The van der Waals surface area contributed by atoms with Crippen LogP contribution in [-0.4, -0.2) is 17.3 Å². The van der Waals surface area contributed by atoms with E-state index < -0.39 is 6.04 Å². The number of hydrogen-bond donors (Lipinski definition) is 2. The lowest BCUT2D eigenvalue weighted by atomic mass is 10.1. The van der Waals surface area contributed by atoms with E-state index in [0.717, 1.165) is 16.5 Å². The van der Waals surface area contributed by atoms with E-state index >= 15 is 0 Å². The molecule has 16 heavy (non-hydrogen) atoms. The smallest absolute Gasteiger partial charge is 0.217 e. The number of nitrogens with one attached hydrogen (secondary N) is 1. The van der Waals surface area contributed by atoms with Crippen molar-refractivity contribution >= 4 is 40.4 Å². The van der Waals surface area contributed by atoms with Gasteiger partial charge in [0.1, 0.15) is 0 Å². The Balaban J connectivity index is 2.47. The van der Waals surface area contributed by atoms with Gasteiger partial charge in [-0.25, -0.2) is 0 Å². The predicted molar refractivity (Wildman–Crippen MR) is 65.7 cm³/mol. The molecule has 2 aromatic rings. The number of aromatic amines is 1. The monoisotopic (exact) mass is 255 g/mol. The summed E-state index contributed by atoms with van der Waals surface area (Å²) in [6.07, 6.45) is 3.98. The average Bonchev–Trinajstić information content (AvgIpc) is 2.62. The highest BCUT2D eigenvalue weighted by molar-refractivity contribution is 6.42. The van der Waals surface area contributed by atoms with Gasteiger partial charge in [-0.3, -0.25) is 4.79 Å². The number of H-pyrrole nitrogens is 1. The predicted octanol–water partition coefficient (Wildman–Crippen LogP) is 2.45. The molecule has 1 aromatic heterocycles. The topological polar surface area (TPSA) is 58.9 Å². The second-order valence-electron chi connectivity index (χ2n) is 3.55. The van der Waals surface area contributed by atoms with Gasteiger partial charge in [-0.05, 0) is 24.1 Å². The summed E-state index contributed by atoms with van der Waals surface area (Å²) >= 11 is 11.8. The lowest BCUT2D eigenvalue weighted by molar-refractivity contribution is 0.541. The van der Waals surface area contributed by atoms with Crippen molar-refractivity contribution in [1.82, 2.24) is 4.98 Å². The van der Waals surface area contributed by atoms with Crippen LogP contribution in [0.15, 0.2) is 18.3 Å². The van der Waals surface area contributed by atoms with E-state index in [1.165, 1.54) is 0 Å². The van der Waals surface area contributed by atoms with Crippen LogP contribution >= 0.6 is 23.2 Å². The molecule has 0 aliphatic carbocycles. The molecule has 1 atom stereocenters. The fourth-order valence-electron chi connectivity index (χ4n) is 1.62. The molecule has 0 amide bonds. The number of carbonyl (C=O) groups excluding carboxylic acids is 1. The molecule has 1 heterocycles. The summed E-state index contributed by atoms with van der Waals surface area (Å²) in [6, 6.07) is 2.90. The molecule has 5 heteroatoms. The summed E-state index contributed by atoms with van der Waals surface area (Å²) in [5, 5.41) is 1.91. The van der Waals surface area contributed by atoms with Crippen LogP contribution in [0, 0.1) is 0 Å². The van der Waals surface area contributed by atoms with Crippen molar-refractivity contribution in [3.63, 3.8) is 0 Å². The maximum atomic E-state index is 10.4. The molecule has 0 saturated heterocycles. The summed E-state index contributed by atoms with van der Waals surface area (Å²) in [7, 11) is 0. The Morgan fingerprint density at radius 1 is 1.38 bits per heavy atom. The molecule has 83 valence electrons. The van der Waals surface area contributed by atoms with E-state index in [0.29, 0.717) is 16.5 Å². The SMILES string of the molecule is N[C@H]([C]=O)Cc1c[nH]c2cc(Cl)c(Cl)cc12. The third-order valence-electron chi connectivity index (χ3n) is 2.40. The number of fused-ring (bicyclic) bond motifs is 1. The van der Waals surface area contributed by atoms with Crippen molar-refractivity contribution in [2.45, 2.75) is 12.5 Å². The molecule has 2 rings (SSSR count). The maximum Gasteiger partial charge on any atom is 0.217 e. The zero-order valence-corrected chi connectivity index (χ0v) is 9.77. The average molecular weight is 256 g/mol. The highest BCUT2D eigenvalue weighted by Crippen LogP contribution is 2.29. The first-order chi connectivity index (χ1) is 7.61. The molecule has 1 radical (unpaired) electrons. The minimum Gasteiger partial charge on any atom is -0.361 e. The van der Waals surface area contributed by atoms with Crippen LogP contribution in [0.4, 0.5) is 0 Å². The van der Waals surface area contributed by atoms with Crippen LogP contribution in [0.1, 0.15) is 5.56 Å². The minimum absolute atomic E-state index is 0.432. The van der Waals surface area contributed by atoms with E-state index in [1.807, 2.05) is 0 Å². The molecule has 0 bridgehead atoms. The third-order valence-corrected chi connectivity index (χ3v) is 3.12. The van der Waals surface area contributed by atoms with Crippen molar-refractivity contribution in [3.8, 4) is 0 Å². The molecule has 3 N–H and O–H groups in total. The first kappa shape index (κ1) is 11.5. The lowest BCUT2D eigenvalue weighted by Crippen LogP contribution is -2.23. The molecule has 0 fully saturated rings. The van der Waals surface area contributed by atoms with Gasteiger partial charge in [-0.1, -0.05) is 23.2 Å². The van der Waals surface area contributed by atoms with Crippen LogP contribution in [0.25, 0.3) is 10.9 Å². The zero-order valence-electron chi connectivity index (χ0n) is 8.26. The van der Waals surface area contributed by atoms with Crippen LogP contribution < -0.4 is 5.73 Å². The second-order valence-corrected chi connectivity index (χ2v) is 4.37. The van der Waals surface area contributed by atoms with Crippen LogP contribution in [0.3, 0.4) is 0 Å². The van der Waals surface area contributed by atoms with E-state index in [2.05, 4.69) is 4.98 Å². The first-order valence-corrected chi connectivity index (χ1v) is 5.45. The van der Waals surface area contributed by atoms with Crippen molar-refractivity contribution in [2.75, 3.05) is 0 Å². The summed E-state index contributed by atoms with van der Waals surface area (Å²) in [5.74, 6) is 0. The number of aromatic nitrogens is 1. The Hall–Kier alpha value is -1.03. The Kier molecular flexibility index (Phi) is 3.19. The summed E-state index contributed by atoms with van der Waals surface area (Å²) in [6.45, 7) is 0. The Morgan fingerprint density at radius 3 is 2.75 bits per heavy atom. The quantitative estimate of drug-likeness (QED) is 0.886. The Bertz CT molecular complexity index is 536. The molecule has 0 spiro atoms. The Morgan fingerprint density at radius 2 is 2.06 bits per heavy atom. The molecule has 0 aliphatic heterocycles. The van der Waals surface area contributed by atoms with Gasteiger partial charge in [0.2, 0.25) is 6.29 Å².